The number of aromatic nitrogens is 2. The Kier molecular flexibility index (Phi) is 7.63. The largest absolute Gasteiger partial charge is 0.377 e. The smallest absolute Gasteiger partial charge is 0.103 e. The van der Waals surface area contributed by atoms with Crippen LogP contribution < -0.4 is 21.6 Å². The minimum Gasteiger partial charge on any atom is -0.377 e. The Hall–Kier alpha value is -4.87. The van der Waals surface area contributed by atoms with E-state index in [4.69, 9.17) is 11.6 Å². The van der Waals surface area contributed by atoms with Gasteiger partial charge in [0.25, 0.3) is 0 Å². The van der Waals surface area contributed by atoms with Gasteiger partial charge in [-0.1, -0.05) is 54.1 Å². The Labute approximate surface area is 263 Å². The number of nitriles is 2. The minimum absolute atomic E-state index is 0.187. The lowest BCUT2D eigenvalue weighted by Gasteiger charge is -2.24. The van der Waals surface area contributed by atoms with Crippen molar-refractivity contribution in [3.05, 3.63) is 106 Å². The molecule has 0 radical (unpaired) electrons. The van der Waals surface area contributed by atoms with Crippen LogP contribution in [-0.4, -0.2) is 21.0 Å². The summed E-state index contributed by atoms with van der Waals surface area (Å²) in [6.45, 7) is 0. The van der Waals surface area contributed by atoms with Gasteiger partial charge in [-0.25, -0.2) is 4.98 Å². The number of hydrazine groups is 2. The molecule has 2 atom stereocenters. The third kappa shape index (κ3) is 5.47. The van der Waals surface area contributed by atoms with Gasteiger partial charge in [0.1, 0.15) is 6.07 Å². The van der Waals surface area contributed by atoms with Crippen LogP contribution in [0.25, 0.3) is 21.1 Å². The van der Waals surface area contributed by atoms with Gasteiger partial charge in [0.15, 0.2) is 0 Å². The van der Waals surface area contributed by atoms with E-state index in [0.29, 0.717) is 40.7 Å². The minimum atomic E-state index is -0.250. The van der Waals surface area contributed by atoms with Crippen LogP contribution >= 0.6 is 22.9 Å². The van der Waals surface area contributed by atoms with Crippen molar-refractivity contribution < 1.29 is 0 Å². The van der Waals surface area contributed by atoms with Crippen molar-refractivity contribution in [2.75, 3.05) is 10.6 Å². The zero-order chi connectivity index (χ0) is 30.0. The number of fused-ring (bicyclic) bond motifs is 2. The number of pyridine rings is 1. The van der Waals surface area contributed by atoms with E-state index in [1.54, 1.807) is 17.5 Å². The molecule has 0 spiro atoms. The van der Waals surface area contributed by atoms with Gasteiger partial charge in [-0.2, -0.15) is 10.5 Å². The maximum atomic E-state index is 10.1. The normalized spacial score (nSPS) is 15.7. The fourth-order valence-corrected chi connectivity index (χ4v) is 6.74. The number of hydrogen-bond acceptors (Lipinski definition) is 10. The molecule has 1 fully saturated rings. The first-order valence-electron chi connectivity index (χ1n) is 14.4. The Morgan fingerprint density at radius 2 is 1.93 bits per heavy atom. The van der Waals surface area contributed by atoms with E-state index >= 15 is 0 Å². The number of anilines is 2. The molecule has 3 heterocycles. The van der Waals surface area contributed by atoms with Crippen LogP contribution in [0.2, 0.25) is 5.02 Å². The fraction of sp³-hybridized carbons (Fsp3) is 0.212. The Bertz CT molecular complexity index is 1960. The summed E-state index contributed by atoms with van der Waals surface area (Å²) in [6, 6.07) is 24.6. The standard InChI is InChI=1S/C33H28ClN9S/c34-26-15-22(39-32(29-18-43(42-41-29)23-11-12-23)24-8-4-9-28-33(24)44-19-38-28)14-25-30(21(16-36)17-37-31(25)26)40-27(10-5-13-35)20-6-2-1-3-7-20/h1-4,6-9,14-15,17-19,23,27,32,39,41-42H,5,10-12H2,(H,37,40)/t27-,32+/m1/s1. The summed E-state index contributed by atoms with van der Waals surface area (Å²) in [6.07, 6.45) is 6.93. The highest BCUT2D eigenvalue weighted by Gasteiger charge is 2.33. The summed E-state index contributed by atoms with van der Waals surface area (Å²) in [5.74, 6) is 0. The van der Waals surface area contributed by atoms with Gasteiger partial charge in [-0.05, 0) is 48.6 Å². The van der Waals surface area contributed by atoms with Crippen LogP contribution in [0.1, 0.15) is 54.5 Å². The molecule has 2 aliphatic rings. The molecule has 3 aromatic carbocycles. The first kappa shape index (κ1) is 27.9. The second-order valence-corrected chi connectivity index (χ2v) is 12.2. The second-order valence-electron chi connectivity index (χ2n) is 10.9. The highest BCUT2D eigenvalue weighted by atomic mass is 35.5. The predicted molar refractivity (Wildman–Crippen MR) is 174 cm³/mol. The average Bonchev–Trinajstić information content (AvgIpc) is 3.57. The molecule has 7 rings (SSSR count). The number of halogens is 1. The first-order valence-corrected chi connectivity index (χ1v) is 15.7. The molecule has 1 aliphatic carbocycles. The van der Waals surface area contributed by atoms with E-state index in [0.717, 1.165) is 51.0 Å². The monoisotopic (exact) mass is 617 g/mol. The zero-order valence-corrected chi connectivity index (χ0v) is 25.2. The van der Waals surface area contributed by atoms with E-state index in [9.17, 15) is 10.5 Å². The number of nitrogens with one attached hydrogen (secondary N) is 4. The van der Waals surface area contributed by atoms with E-state index in [-0.39, 0.29) is 12.1 Å². The summed E-state index contributed by atoms with van der Waals surface area (Å²) in [5.41, 5.74) is 15.0. The van der Waals surface area contributed by atoms with Crippen molar-refractivity contribution in [2.24, 2.45) is 0 Å². The van der Waals surface area contributed by atoms with E-state index in [1.165, 1.54) is 0 Å². The number of rotatable bonds is 10. The van der Waals surface area contributed by atoms with Crippen LogP contribution in [-0.2, 0) is 0 Å². The predicted octanol–water partition coefficient (Wildman–Crippen LogP) is 7.31. The number of thiazole rings is 1. The van der Waals surface area contributed by atoms with Crippen molar-refractivity contribution in [1.82, 2.24) is 25.9 Å². The average molecular weight is 618 g/mol. The maximum absolute atomic E-state index is 10.1. The molecule has 218 valence electrons. The van der Waals surface area contributed by atoms with Crippen LogP contribution in [0.3, 0.4) is 0 Å². The van der Waals surface area contributed by atoms with Crippen LogP contribution in [0.4, 0.5) is 11.4 Å². The fourth-order valence-electron chi connectivity index (χ4n) is 5.64. The highest BCUT2D eigenvalue weighted by Crippen LogP contribution is 2.39. The topological polar surface area (TPSA) is 125 Å². The molecule has 4 N–H and O–H groups in total. The van der Waals surface area contributed by atoms with Crippen molar-refractivity contribution in [3.63, 3.8) is 0 Å². The van der Waals surface area contributed by atoms with Gasteiger partial charge in [-0.15, -0.1) is 16.9 Å². The molecule has 0 bridgehead atoms. The van der Waals surface area contributed by atoms with E-state index < -0.39 is 0 Å². The Morgan fingerprint density at radius 3 is 2.73 bits per heavy atom. The molecule has 1 saturated carbocycles. The van der Waals surface area contributed by atoms with Crippen molar-refractivity contribution in [2.45, 2.75) is 43.8 Å². The summed E-state index contributed by atoms with van der Waals surface area (Å²) >= 11 is 8.50. The molecular weight excluding hydrogens is 590 g/mol. The van der Waals surface area contributed by atoms with E-state index in [1.807, 2.05) is 60.1 Å². The van der Waals surface area contributed by atoms with Crippen molar-refractivity contribution in [3.8, 4) is 12.1 Å². The van der Waals surface area contributed by atoms with E-state index in [2.05, 4.69) is 61.0 Å². The molecule has 2 aromatic heterocycles. The van der Waals surface area contributed by atoms with Crippen LogP contribution in [0.15, 0.2) is 84.3 Å². The second kappa shape index (κ2) is 12.0. The van der Waals surface area contributed by atoms with Gasteiger partial charge < -0.3 is 16.1 Å². The Morgan fingerprint density at radius 1 is 1.07 bits per heavy atom. The molecule has 1 aliphatic heterocycles. The van der Waals surface area contributed by atoms with Gasteiger partial charge >= 0.3 is 0 Å². The summed E-state index contributed by atoms with van der Waals surface area (Å²) in [7, 11) is 0. The molecule has 44 heavy (non-hydrogen) atoms. The summed E-state index contributed by atoms with van der Waals surface area (Å²) in [4.78, 5) is 9.10. The maximum Gasteiger partial charge on any atom is 0.103 e. The SMILES string of the molecule is N#CCC[C@@H](Nc1c(C#N)cnc2c(Cl)cc(N[C@H](C3=CN(C4CC4)NN3)c3cccc4ncsc34)cc12)c1ccccc1. The molecule has 9 nitrogen and oxygen atoms in total. The third-order valence-electron chi connectivity index (χ3n) is 7.98. The quantitative estimate of drug-likeness (QED) is 0.128. The highest BCUT2D eigenvalue weighted by molar-refractivity contribution is 7.17. The van der Waals surface area contributed by atoms with Crippen molar-refractivity contribution >= 4 is 55.4 Å². The molecule has 5 aromatic rings. The number of hydrogen-bond donors (Lipinski definition) is 4. The molecule has 11 heteroatoms. The zero-order valence-electron chi connectivity index (χ0n) is 23.6. The van der Waals surface area contributed by atoms with Gasteiger partial charge in [0.2, 0.25) is 0 Å². The summed E-state index contributed by atoms with van der Waals surface area (Å²) in [5, 5.41) is 30.1. The van der Waals surface area contributed by atoms with Gasteiger partial charge in [0.05, 0.1) is 61.4 Å². The number of benzene rings is 3. The lowest BCUT2D eigenvalue weighted by Crippen LogP contribution is -2.38. The third-order valence-corrected chi connectivity index (χ3v) is 9.16. The molecule has 0 amide bonds. The first-order chi connectivity index (χ1) is 21.6. The lowest BCUT2D eigenvalue weighted by atomic mass is 10.00. The lowest BCUT2D eigenvalue weighted by molar-refractivity contribution is 0.260. The molecule has 0 unspecified atom stereocenters. The Balaban J connectivity index is 1.32. The molecular formula is C33H28ClN9S. The van der Waals surface area contributed by atoms with Gasteiger partial charge in [-0.3, -0.25) is 9.99 Å². The van der Waals surface area contributed by atoms with Gasteiger partial charge in [0, 0.05) is 35.9 Å². The van der Waals surface area contributed by atoms with Crippen LogP contribution in [0.5, 0.6) is 0 Å². The van der Waals surface area contributed by atoms with Crippen molar-refractivity contribution in [1.29, 1.82) is 10.5 Å². The summed E-state index contributed by atoms with van der Waals surface area (Å²) < 4.78 is 1.10. The molecule has 0 saturated heterocycles. The van der Waals surface area contributed by atoms with Crippen LogP contribution in [0, 0.1) is 22.7 Å². The number of nitrogens with zero attached hydrogens (tertiary/aromatic N) is 5.